The Hall–Kier alpha value is -2.43. The molecule has 0 saturated heterocycles. The van der Waals surface area contributed by atoms with Crippen LogP contribution in [0, 0.1) is 6.92 Å². The van der Waals surface area contributed by atoms with Gasteiger partial charge in [-0.15, -0.1) is 0 Å². The van der Waals surface area contributed by atoms with Gasteiger partial charge in [0.15, 0.2) is 11.5 Å². The van der Waals surface area contributed by atoms with Crippen LogP contribution in [-0.2, 0) is 0 Å². The first-order chi connectivity index (χ1) is 9.81. The van der Waals surface area contributed by atoms with Gasteiger partial charge in [0, 0.05) is 18.6 Å². The van der Waals surface area contributed by atoms with Gasteiger partial charge in [0.2, 0.25) is 0 Å². The van der Waals surface area contributed by atoms with E-state index < -0.39 is 0 Å². The number of fused-ring (bicyclic) bond motifs is 2. The average Bonchev–Trinajstić information content (AvgIpc) is 2.96. The lowest BCUT2D eigenvalue weighted by Gasteiger charge is -2.05. The molecule has 0 saturated carbocycles. The number of hydrogen-bond donors (Lipinski definition) is 1. The van der Waals surface area contributed by atoms with Crippen molar-refractivity contribution in [3.8, 4) is 22.9 Å². The van der Waals surface area contributed by atoms with Gasteiger partial charge in [0.1, 0.15) is 11.6 Å². The number of aryl methyl sites for hydroxylation is 1. The van der Waals surface area contributed by atoms with Gasteiger partial charge in [-0.05, 0) is 13.0 Å². The molecule has 1 aromatic carbocycles. The second kappa shape index (κ2) is 4.30. The lowest BCUT2D eigenvalue weighted by molar-refractivity contribution is 0.297. The maximum atomic E-state index is 5.69. The maximum Gasteiger partial charge on any atom is 0.163 e. The van der Waals surface area contributed by atoms with Crippen molar-refractivity contribution in [3.63, 3.8) is 0 Å². The third-order valence-corrected chi connectivity index (χ3v) is 3.47. The fourth-order valence-corrected chi connectivity index (χ4v) is 2.42. The van der Waals surface area contributed by atoms with Gasteiger partial charge in [0.25, 0.3) is 0 Å². The normalized spacial score (nSPS) is 14.4. The summed E-state index contributed by atoms with van der Waals surface area (Å²) in [5.41, 5.74) is 2.77. The van der Waals surface area contributed by atoms with Crippen LogP contribution in [0.2, 0.25) is 0 Å². The molecule has 1 N–H and O–H groups in total. The minimum absolute atomic E-state index is 0.677. The molecule has 5 nitrogen and oxygen atoms in total. The van der Waals surface area contributed by atoms with Crippen LogP contribution >= 0.6 is 0 Å². The predicted molar refractivity (Wildman–Crippen MR) is 74.1 cm³/mol. The molecule has 5 heteroatoms. The third-order valence-electron chi connectivity index (χ3n) is 3.47. The largest absolute Gasteiger partial charge is 0.489 e. The quantitative estimate of drug-likeness (QED) is 0.737. The van der Waals surface area contributed by atoms with Crippen LogP contribution in [0.5, 0.6) is 11.5 Å². The van der Waals surface area contributed by atoms with Gasteiger partial charge in [-0.3, -0.25) is 0 Å². The average molecular weight is 270 g/mol. The Bertz CT molecular complexity index is 730. The van der Waals surface area contributed by atoms with Crippen molar-refractivity contribution in [1.82, 2.24) is 9.97 Å². The summed E-state index contributed by atoms with van der Waals surface area (Å²) in [4.78, 5) is 7.91. The molecule has 4 rings (SSSR count). The summed E-state index contributed by atoms with van der Waals surface area (Å²) >= 11 is 0. The molecular formula is C15H14N2O3. The summed E-state index contributed by atoms with van der Waals surface area (Å²) < 4.78 is 16.7. The highest BCUT2D eigenvalue weighted by atomic mass is 16.5. The lowest BCUT2D eigenvalue weighted by atomic mass is 10.2. The number of nitrogens with one attached hydrogen (secondary N) is 1. The van der Waals surface area contributed by atoms with Crippen molar-refractivity contribution in [3.05, 3.63) is 30.2 Å². The Morgan fingerprint density at radius 1 is 1.15 bits per heavy atom. The first-order valence-corrected chi connectivity index (χ1v) is 6.65. The molecule has 2 aromatic heterocycles. The molecule has 1 aliphatic heterocycles. The van der Waals surface area contributed by atoms with Crippen molar-refractivity contribution >= 4 is 11.0 Å². The monoisotopic (exact) mass is 270 g/mol. The van der Waals surface area contributed by atoms with Crippen LogP contribution in [0.3, 0.4) is 0 Å². The molecular weight excluding hydrogens is 256 g/mol. The molecule has 1 aliphatic rings. The van der Waals surface area contributed by atoms with Gasteiger partial charge in [-0.1, -0.05) is 0 Å². The molecule has 0 atom stereocenters. The first kappa shape index (κ1) is 11.4. The Morgan fingerprint density at radius 2 is 1.95 bits per heavy atom. The van der Waals surface area contributed by atoms with Crippen LogP contribution in [0.4, 0.5) is 0 Å². The van der Waals surface area contributed by atoms with Crippen molar-refractivity contribution in [2.75, 3.05) is 13.2 Å². The lowest BCUT2D eigenvalue weighted by Crippen LogP contribution is -1.97. The van der Waals surface area contributed by atoms with Crippen molar-refractivity contribution in [1.29, 1.82) is 0 Å². The third kappa shape index (κ3) is 1.74. The molecule has 3 aromatic rings. The molecule has 0 fully saturated rings. The van der Waals surface area contributed by atoms with Gasteiger partial charge < -0.3 is 18.9 Å². The number of furan rings is 1. The van der Waals surface area contributed by atoms with Crippen molar-refractivity contribution in [2.45, 2.75) is 13.3 Å². The summed E-state index contributed by atoms with van der Waals surface area (Å²) in [6.45, 7) is 3.28. The van der Waals surface area contributed by atoms with E-state index in [-0.39, 0.29) is 0 Å². The van der Waals surface area contributed by atoms with E-state index in [0.717, 1.165) is 46.1 Å². The highest BCUT2D eigenvalue weighted by Gasteiger charge is 2.15. The molecule has 0 bridgehead atoms. The van der Waals surface area contributed by atoms with E-state index in [0.29, 0.717) is 13.2 Å². The standard InChI is InChI=1S/C15H14N2O3/c1-9-10(3-6-18-9)15-16-11-7-13-14(8-12(11)17-15)20-5-2-4-19-13/h3,6-8H,2,4-5H2,1H3,(H,16,17). The van der Waals surface area contributed by atoms with Gasteiger partial charge in [-0.2, -0.15) is 0 Å². The van der Waals surface area contributed by atoms with Gasteiger partial charge in [0.05, 0.1) is 36.1 Å². The smallest absolute Gasteiger partial charge is 0.163 e. The Kier molecular flexibility index (Phi) is 2.45. The molecule has 0 aliphatic carbocycles. The molecule has 0 amide bonds. The van der Waals surface area contributed by atoms with E-state index in [2.05, 4.69) is 9.97 Å². The van der Waals surface area contributed by atoms with Crippen LogP contribution in [0.25, 0.3) is 22.4 Å². The molecule has 3 heterocycles. The predicted octanol–water partition coefficient (Wildman–Crippen LogP) is 3.29. The van der Waals surface area contributed by atoms with Crippen LogP contribution in [0.1, 0.15) is 12.2 Å². The number of rotatable bonds is 1. The Balaban J connectivity index is 1.86. The summed E-state index contributed by atoms with van der Waals surface area (Å²) in [7, 11) is 0. The molecule has 102 valence electrons. The Morgan fingerprint density at radius 3 is 2.70 bits per heavy atom. The minimum atomic E-state index is 0.677. The molecule has 0 radical (unpaired) electrons. The highest BCUT2D eigenvalue weighted by molar-refractivity contribution is 5.83. The second-order valence-corrected chi connectivity index (χ2v) is 4.84. The number of hydrogen-bond acceptors (Lipinski definition) is 4. The summed E-state index contributed by atoms with van der Waals surface area (Å²) in [5.74, 6) is 3.18. The zero-order chi connectivity index (χ0) is 13.5. The van der Waals surface area contributed by atoms with E-state index >= 15 is 0 Å². The second-order valence-electron chi connectivity index (χ2n) is 4.84. The fourth-order valence-electron chi connectivity index (χ4n) is 2.42. The zero-order valence-electron chi connectivity index (χ0n) is 11.1. The van der Waals surface area contributed by atoms with Gasteiger partial charge >= 0.3 is 0 Å². The number of aromatic amines is 1. The SMILES string of the molecule is Cc1occc1-c1nc2cc3c(cc2[nH]1)OCCCO3. The highest BCUT2D eigenvalue weighted by Crippen LogP contribution is 2.34. The first-order valence-electron chi connectivity index (χ1n) is 6.65. The van der Waals surface area contributed by atoms with Crippen LogP contribution in [0.15, 0.2) is 28.9 Å². The number of nitrogens with zero attached hydrogens (tertiary/aromatic N) is 1. The number of benzene rings is 1. The van der Waals surface area contributed by atoms with E-state index in [4.69, 9.17) is 13.9 Å². The van der Waals surface area contributed by atoms with Crippen LogP contribution in [-0.4, -0.2) is 23.2 Å². The van der Waals surface area contributed by atoms with E-state index in [1.165, 1.54) is 0 Å². The van der Waals surface area contributed by atoms with Crippen molar-refractivity contribution < 1.29 is 13.9 Å². The summed E-state index contributed by atoms with van der Waals surface area (Å²) in [5, 5.41) is 0. The van der Waals surface area contributed by atoms with Crippen LogP contribution < -0.4 is 9.47 Å². The summed E-state index contributed by atoms with van der Waals surface area (Å²) in [6, 6.07) is 5.78. The number of ether oxygens (including phenoxy) is 2. The van der Waals surface area contributed by atoms with Crippen molar-refractivity contribution in [2.24, 2.45) is 0 Å². The minimum Gasteiger partial charge on any atom is -0.489 e. The number of imidazole rings is 1. The molecule has 20 heavy (non-hydrogen) atoms. The molecule has 0 unspecified atom stereocenters. The Labute approximate surface area is 115 Å². The van der Waals surface area contributed by atoms with E-state index in [1.54, 1.807) is 6.26 Å². The fraction of sp³-hybridized carbons (Fsp3) is 0.267. The number of H-pyrrole nitrogens is 1. The van der Waals surface area contributed by atoms with Gasteiger partial charge in [-0.25, -0.2) is 4.98 Å². The maximum absolute atomic E-state index is 5.69. The topological polar surface area (TPSA) is 60.3 Å². The molecule has 0 spiro atoms. The number of aromatic nitrogens is 2. The zero-order valence-corrected chi connectivity index (χ0v) is 11.1. The summed E-state index contributed by atoms with van der Waals surface area (Å²) in [6.07, 6.45) is 2.56. The van der Waals surface area contributed by atoms with E-state index in [1.807, 2.05) is 25.1 Å². The van der Waals surface area contributed by atoms with E-state index in [9.17, 15) is 0 Å².